The molecule has 0 heterocycles. The lowest BCUT2D eigenvalue weighted by atomic mass is 9.55. The summed E-state index contributed by atoms with van der Waals surface area (Å²) in [6, 6.07) is 0. The van der Waals surface area contributed by atoms with Crippen LogP contribution in [-0.2, 0) is 0 Å². The first-order chi connectivity index (χ1) is 18.0. The van der Waals surface area contributed by atoms with E-state index in [1.807, 2.05) is 0 Å². The van der Waals surface area contributed by atoms with Gasteiger partial charge in [0.15, 0.2) is 0 Å². The monoisotopic (exact) mass is 564 g/mol. The highest BCUT2D eigenvalue weighted by Crippen LogP contribution is 2.66. The van der Waals surface area contributed by atoms with Crippen molar-refractivity contribution in [3.63, 3.8) is 0 Å². The molecule has 5 aliphatic rings. The molecule has 0 nitrogen and oxygen atoms in total. The van der Waals surface area contributed by atoms with Crippen LogP contribution >= 0.6 is 27.7 Å². The maximum absolute atomic E-state index is 3.78. The Morgan fingerprint density at radius 3 is 1.46 bits per heavy atom. The molecule has 0 aromatic rings. The number of rotatable bonds is 8. The normalized spacial score (nSPS) is 35.6. The van der Waals surface area contributed by atoms with Crippen LogP contribution in [0.25, 0.3) is 0 Å². The van der Waals surface area contributed by atoms with Gasteiger partial charge in [-0.2, -0.15) is 0 Å². The van der Waals surface area contributed by atoms with Crippen molar-refractivity contribution in [3.05, 3.63) is 0 Å². The fourth-order valence-corrected chi connectivity index (χ4v) is 14.2. The molecule has 5 rings (SSSR count). The predicted molar refractivity (Wildman–Crippen MR) is 175 cm³/mol. The Morgan fingerprint density at radius 1 is 0.486 bits per heavy atom. The molecular weight excluding hydrogens is 501 g/mol. The van der Waals surface area contributed by atoms with Crippen molar-refractivity contribution in [1.29, 1.82) is 0 Å². The molecule has 5 fully saturated rings. The molecule has 0 amide bonds. The van der Waals surface area contributed by atoms with Gasteiger partial charge in [-0.15, -0.1) is 27.7 Å². The Labute approximate surface area is 239 Å². The van der Waals surface area contributed by atoms with E-state index in [2.05, 4.69) is 27.7 Å². The van der Waals surface area contributed by atoms with Crippen LogP contribution in [0.15, 0.2) is 0 Å². The summed E-state index contributed by atoms with van der Waals surface area (Å²) in [4.78, 5) is 0. The molecule has 0 radical (unpaired) electrons. The zero-order valence-electron chi connectivity index (χ0n) is 24.5. The molecule has 0 N–H and O–H groups in total. The van der Waals surface area contributed by atoms with Gasteiger partial charge < -0.3 is 0 Å². The zero-order chi connectivity index (χ0) is 25.8. The van der Waals surface area contributed by atoms with E-state index in [0.717, 1.165) is 29.6 Å². The quantitative estimate of drug-likeness (QED) is 0.257. The van der Waals surface area contributed by atoms with E-state index in [-0.39, 0.29) is 0 Å². The first-order valence-corrected chi connectivity index (χ1v) is 19.1. The van der Waals surface area contributed by atoms with Gasteiger partial charge in [0.25, 0.3) is 0 Å². The minimum Gasteiger partial charge on any atom is -0.130 e. The summed E-state index contributed by atoms with van der Waals surface area (Å²) >= 11 is 0. The van der Waals surface area contributed by atoms with E-state index in [0.29, 0.717) is 15.5 Å². The summed E-state index contributed by atoms with van der Waals surface area (Å²) in [6.45, 7) is 0. The SMILES string of the molecule is PC(CC1CCCCC1)(C1CCCCC1)C1CCCCC1(P)C(P)(CC1CCCCC1)C1CCCCC1. The summed E-state index contributed by atoms with van der Waals surface area (Å²) < 4.78 is 0. The predicted octanol–water partition coefficient (Wildman–Crippen LogP) is 11.1. The van der Waals surface area contributed by atoms with Gasteiger partial charge in [-0.25, -0.2) is 0 Å². The highest BCUT2D eigenvalue weighted by Gasteiger charge is 2.60. The summed E-state index contributed by atoms with van der Waals surface area (Å²) in [5.41, 5.74) is 0. The number of hydrogen-bond donors (Lipinski definition) is 0. The van der Waals surface area contributed by atoms with E-state index in [1.165, 1.54) is 167 Å². The van der Waals surface area contributed by atoms with Gasteiger partial charge in [0.1, 0.15) is 0 Å². The van der Waals surface area contributed by atoms with Crippen molar-refractivity contribution < 1.29 is 0 Å². The van der Waals surface area contributed by atoms with Gasteiger partial charge in [0, 0.05) is 0 Å². The van der Waals surface area contributed by atoms with Crippen molar-refractivity contribution in [2.24, 2.45) is 29.6 Å². The van der Waals surface area contributed by atoms with E-state index < -0.39 is 0 Å². The smallest absolute Gasteiger partial charge is 0.00203 e. The van der Waals surface area contributed by atoms with Crippen LogP contribution in [0.1, 0.15) is 167 Å². The standard InChI is InChI=1S/C34H63P3/c35-32(29-19-9-3-10-20-29,25-27-15-5-1-6-16-27)31-23-13-14-24-33(31,36)34(37,30-21-11-4-12-22-30)26-28-17-7-2-8-18-28/h27-31H,1-26,35-37H2. The van der Waals surface area contributed by atoms with Crippen LogP contribution in [0, 0.1) is 29.6 Å². The van der Waals surface area contributed by atoms with Crippen LogP contribution in [0.3, 0.4) is 0 Å². The molecule has 5 saturated carbocycles. The molecule has 5 aliphatic carbocycles. The van der Waals surface area contributed by atoms with Gasteiger partial charge in [0.2, 0.25) is 0 Å². The third-order valence-electron chi connectivity index (χ3n) is 12.9. The molecule has 7 unspecified atom stereocenters. The highest BCUT2D eigenvalue weighted by atomic mass is 31.0. The molecule has 0 saturated heterocycles. The Balaban J connectivity index is 1.51. The minimum atomic E-state index is 0.406. The largest absolute Gasteiger partial charge is 0.130 e. The van der Waals surface area contributed by atoms with Gasteiger partial charge >= 0.3 is 0 Å². The Kier molecular flexibility index (Phi) is 10.9. The van der Waals surface area contributed by atoms with E-state index >= 15 is 0 Å². The molecule has 0 aliphatic heterocycles. The van der Waals surface area contributed by atoms with Gasteiger partial charge in [-0.3, -0.25) is 0 Å². The zero-order valence-corrected chi connectivity index (χ0v) is 28.0. The Hall–Kier alpha value is 1.29. The summed E-state index contributed by atoms with van der Waals surface area (Å²) in [5.74, 6) is 4.74. The molecule has 0 aromatic carbocycles. The molecule has 214 valence electrons. The van der Waals surface area contributed by atoms with Crippen LogP contribution in [0.5, 0.6) is 0 Å². The molecular formula is C34H63P3. The van der Waals surface area contributed by atoms with Crippen molar-refractivity contribution >= 4 is 27.7 Å². The van der Waals surface area contributed by atoms with Crippen molar-refractivity contribution in [2.45, 2.75) is 182 Å². The average Bonchev–Trinajstić information content (AvgIpc) is 2.95. The van der Waals surface area contributed by atoms with Crippen molar-refractivity contribution in [2.75, 3.05) is 0 Å². The Bertz CT molecular complexity index is 685. The van der Waals surface area contributed by atoms with Crippen LogP contribution in [-0.4, -0.2) is 15.5 Å². The fraction of sp³-hybridized carbons (Fsp3) is 1.00. The van der Waals surface area contributed by atoms with Crippen LogP contribution < -0.4 is 0 Å². The summed E-state index contributed by atoms with van der Waals surface area (Å²) in [5, 5.41) is 1.30. The third kappa shape index (κ3) is 6.54. The fourth-order valence-electron chi connectivity index (χ4n) is 10.9. The number of hydrogen-bond acceptors (Lipinski definition) is 0. The maximum atomic E-state index is 3.78. The minimum absolute atomic E-state index is 0.406. The summed E-state index contributed by atoms with van der Waals surface area (Å²) in [6.07, 6.45) is 39.1. The molecule has 3 heteroatoms. The Morgan fingerprint density at radius 2 is 0.919 bits per heavy atom. The van der Waals surface area contributed by atoms with Crippen molar-refractivity contribution in [3.8, 4) is 0 Å². The molecule has 0 aromatic heterocycles. The lowest BCUT2D eigenvalue weighted by molar-refractivity contribution is 0.0611. The first kappa shape index (κ1) is 29.8. The van der Waals surface area contributed by atoms with Gasteiger partial charge in [-0.1, -0.05) is 116 Å². The second-order valence-electron chi connectivity index (χ2n) is 15.1. The first-order valence-electron chi connectivity index (χ1n) is 17.3. The lowest BCUT2D eigenvalue weighted by Gasteiger charge is -2.64. The van der Waals surface area contributed by atoms with E-state index in [1.54, 1.807) is 0 Å². The second kappa shape index (κ2) is 13.5. The lowest BCUT2D eigenvalue weighted by Crippen LogP contribution is -2.63. The van der Waals surface area contributed by atoms with E-state index in [4.69, 9.17) is 0 Å². The van der Waals surface area contributed by atoms with Gasteiger partial charge in [-0.05, 0) is 96.4 Å². The highest BCUT2D eigenvalue weighted by molar-refractivity contribution is 7.25. The van der Waals surface area contributed by atoms with Crippen LogP contribution in [0.4, 0.5) is 0 Å². The summed E-state index contributed by atoms with van der Waals surface area (Å²) in [7, 11) is 11.3. The molecule has 0 bridgehead atoms. The van der Waals surface area contributed by atoms with E-state index in [9.17, 15) is 0 Å². The molecule has 7 atom stereocenters. The van der Waals surface area contributed by atoms with Crippen molar-refractivity contribution in [1.82, 2.24) is 0 Å². The topological polar surface area (TPSA) is 0 Å². The second-order valence-corrected chi connectivity index (χ2v) is 18.2. The molecule has 37 heavy (non-hydrogen) atoms. The van der Waals surface area contributed by atoms with Gasteiger partial charge in [0.05, 0.1) is 0 Å². The van der Waals surface area contributed by atoms with Crippen LogP contribution in [0.2, 0.25) is 0 Å². The average molecular weight is 565 g/mol. The molecule has 0 spiro atoms. The third-order valence-corrected chi connectivity index (χ3v) is 16.8. The maximum Gasteiger partial charge on any atom is -0.00203 e.